The molecule has 0 unspecified atom stereocenters. The average Bonchev–Trinajstić information content (AvgIpc) is 2.85. The zero-order chi connectivity index (χ0) is 24.9. The lowest BCUT2D eigenvalue weighted by Gasteiger charge is -2.02. The summed E-state index contributed by atoms with van der Waals surface area (Å²) in [4.78, 5) is 15.1. The van der Waals surface area contributed by atoms with E-state index in [0.717, 1.165) is 16.8 Å². The van der Waals surface area contributed by atoms with Crippen molar-refractivity contribution < 1.29 is 20.3 Å². The van der Waals surface area contributed by atoms with Crippen LogP contribution in [-0.4, -0.2) is 47.3 Å². The predicted octanol–water partition coefficient (Wildman–Crippen LogP) is 2.93. The minimum Gasteiger partial charge on any atom is -0.423 e. The van der Waals surface area contributed by atoms with Gasteiger partial charge in [-0.1, -0.05) is 54.1 Å². The van der Waals surface area contributed by atoms with Crippen molar-refractivity contribution in [2.75, 3.05) is 0 Å². The third-order valence-corrected chi connectivity index (χ3v) is 4.63. The van der Waals surface area contributed by atoms with Crippen LogP contribution in [0.25, 0.3) is 11.3 Å². The van der Waals surface area contributed by atoms with E-state index in [2.05, 4.69) is 19.9 Å². The van der Waals surface area contributed by atoms with Crippen LogP contribution in [0, 0.1) is 0 Å². The molecule has 0 aliphatic carbocycles. The molecule has 0 aliphatic rings. The van der Waals surface area contributed by atoms with Gasteiger partial charge in [-0.05, 0) is 58.0 Å². The van der Waals surface area contributed by atoms with E-state index in [-0.39, 0.29) is 23.8 Å². The molecule has 2 aromatic carbocycles. The lowest BCUT2D eigenvalue weighted by molar-refractivity contribution is 0.281. The highest BCUT2D eigenvalue weighted by Gasteiger charge is 2.09. The third kappa shape index (κ3) is 9.70. The normalized spacial score (nSPS) is 9.85. The highest BCUT2D eigenvalue weighted by molar-refractivity contribution is 6.58. The van der Waals surface area contributed by atoms with Gasteiger partial charge in [0.15, 0.2) is 0 Å². The van der Waals surface area contributed by atoms with Crippen LogP contribution in [-0.2, 0) is 13.2 Å². The zero-order valence-electron chi connectivity index (χ0n) is 17.6. The second-order valence-corrected chi connectivity index (χ2v) is 7.56. The van der Waals surface area contributed by atoms with Gasteiger partial charge in [0.1, 0.15) is 5.15 Å². The molecule has 12 heteroatoms. The number of aromatic nitrogens is 4. The van der Waals surface area contributed by atoms with Crippen molar-refractivity contribution in [2.45, 2.75) is 13.2 Å². The van der Waals surface area contributed by atoms with Crippen LogP contribution in [0.1, 0.15) is 11.1 Å². The highest BCUT2D eigenvalue weighted by atomic mass is 35.5. The smallest absolute Gasteiger partial charge is 0.423 e. The molecule has 34 heavy (non-hydrogen) atoms. The van der Waals surface area contributed by atoms with Gasteiger partial charge in [-0.2, -0.15) is 0 Å². The fourth-order valence-corrected chi connectivity index (χ4v) is 2.97. The first kappa shape index (κ1) is 27.6. The summed E-state index contributed by atoms with van der Waals surface area (Å²) in [6.45, 7) is -0.0623. The molecular formula is C22H20BCl3N4O4. The zero-order valence-corrected chi connectivity index (χ0v) is 19.9. The molecule has 0 fully saturated rings. The number of halogens is 3. The van der Waals surface area contributed by atoms with E-state index < -0.39 is 7.12 Å². The summed E-state index contributed by atoms with van der Waals surface area (Å²) < 4.78 is 0. The average molecular weight is 522 g/mol. The Morgan fingerprint density at radius 3 is 1.82 bits per heavy atom. The summed E-state index contributed by atoms with van der Waals surface area (Å²) in [6, 6.07) is 17.4. The van der Waals surface area contributed by atoms with Crippen molar-refractivity contribution >= 4 is 47.4 Å². The van der Waals surface area contributed by atoms with Gasteiger partial charge in [0, 0.05) is 18.0 Å². The van der Waals surface area contributed by atoms with Gasteiger partial charge in [0.25, 0.3) is 0 Å². The summed E-state index contributed by atoms with van der Waals surface area (Å²) in [5.41, 5.74) is 3.60. The lowest BCUT2D eigenvalue weighted by Crippen LogP contribution is -2.29. The Labute approximate surface area is 211 Å². The van der Waals surface area contributed by atoms with E-state index in [1.807, 2.05) is 24.3 Å². The van der Waals surface area contributed by atoms with Gasteiger partial charge in [-0.3, -0.25) is 0 Å². The fourth-order valence-electron chi connectivity index (χ4n) is 2.49. The quantitative estimate of drug-likeness (QED) is 0.183. The van der Waals surface area contributed by atoms with E-state index in [4.69, 9.17) is 55.1 Å². The first-order chi connectivity index (χ1) is 16.3. The molecule has 2 heterocycles. The number of nitrogens with zero attached hydrogens (tertiary/aromatic N) is 4. The highest BCUT2D eigenvalue weighted by Crippen LogP contribution is 2.18. The second kappa shape index (κ2) is 14.6. The van der Waals surface area contributed by atoms with Crippen LogP contribution in [0.2, 0.25) is 15.7 Å². The number of hydrogen-bond donors (Lipinski definition) is 4. The van der Waals surface area contributed by atoms with Crippen molar-refractivity contribution in [1.82, 2.24) is 19.9 Å². The van der Waals surface area contributed by atoms with Crippen molar-refractivity contribution in [1.29, 1.82) is 0 Å². The molecule has 0 saturated heterocycles. The topological polar surface area (TPSA) is 132 Å². The molecule has 0 radical (unpaired) electrons. The van der Waals surface area contributed by atoms with Crippen LogP contribution in [0.15, 0.2) is 73.1 Å². The number of aliphatic hydroxyl groups excluding tert-OH is 2. The Balaban J connectivity index is 0.000000190. The van der Waals surface area contributed by atoms with Crippen molar-refractivity contribution in [2.24, 2.45) is 0 Å². The summed E-state index contributed by atoms with van der Waals surface area (Å²) in [7, 11) is -1.46. The molecule has 176 valence electrons. The molecule has 2 aromatic heterocycles. The summed E-state index contributed by atoms with van der Waals surface area (Å²) in [5, 5.41) is 35.9. The van der Waals surface area contributed by atoms with Gasteiger partial charge in [-0.25, -0.2) is 19.9 Å². The summed E-state index contributed by atoms with van der Waals surface area (Å²) in [5.74, 6) is 0. The Bertz CT molecular complexity index is 1170. The molecule has 0 bridgehead atoms. The molecular weight excluding hydrogens is 501 g/mol. The Morgan fingerprint density at radius 1 is 0.706 bits per heavy atom. The summed E-state index contributed by atoms with van der Waals surface area (Å²) in [6.07, 6.45) is 3.11. The van der Waals surface area contributed by atoms with Crippen molar-refractivity contribution in [3.05, 3.63) is 99.9 Å². The minimum absolute atomic E-state index is 0.0205. The van der Waals surface area contributed by atoms with E-state index in [0.29, 0.717) is 16.2 Å². The molecule has 4 N–H and O–H groups in total. The maximum absolute atomic E-state index is 9.00. The minimum atomic E-state index is -1.46. The van der Waals surface area contributed by atoms with E-state index >= 15 is 0 Å². The standard InChI is InChI=1S/C11H9ClN2O.C7H9BO3.C4H2Cl2N2/c12-11-13-5-4-10(14-11)9-3-1-2-8(6-9)7-15;9-5-6-2-1-3-7(4-6)8(10)11;5-3-1-2-7-4(6)8-3/h1-6,15H,7H2;1-4,9-11H,5H2;1-2H. The monoisotopic (exact) mass is 520 g/mol. The number of benzene rings is 2. The molecule has 8 nitrogen and oxygen atoms in total. The van der Waals surface area contributed by atoms with E-state index in [9.17, 15) is 0 Å². The predicted molar refractivity (Wildman–Crippen MR) is 133 cm³/mol. The SMILES string of the molecule is Clc1ccnc(Cl)n1.OCc1cccc(-c2ccnc(Cl)n2)c1.OCc1cccc(B(O)O)c1. The van der Waals surface area contributed by atoms with Gasteiger partial charge >= 0.3 is 7.12 Å². The molecule has 4 aromatic rings. The third-order valence-electron chi connectivity index (χ3n) is 4.06. The van der Waals surface area contributed by atoms with Crippen molar-refractivity contribution in [3.8, 4) is 11.3 Å². The maximum Gasteiger partial charge on any atom is 0.488 e. The van der Waals surface area contributed by atoms with Crippen molar-refractivity contribution in [3.63, 3.8) is 0 Å². The molecule has 0 aliphatic heterocycles. The Morgan fingerprint density at radius 2 is 1.29 bits per heavy atom. The van der Waals surface area contributed by atoms with Crippen LogP contribution < -0.4 is 5.46 Å². The van der Waals surface area contributed by atoms with Crippen LogP contribution in [0.5, 0.6) is 0 Å². The maximum atomic E-state index is 9.00. The molecule has 0 saturated carbocycles. The lowest BCUT2D eigenvalue weighted by atomic mass is 9.80. The van der Waals surface area contributed by atoms with Gasteiger partial charge in [-0.15, -0.1) is 0 Å². The summed E-state index contributed by atoms with van der Waals surface area (Å²) >= 11 is 16.4. The Kier molecular flexibility index (Phi) is 11.9. The second-order valence-electron chi connectivity index (χ2n) is 6.49. The number of rotatable bonds is 4. The van der Waals surface area contributed by atoms with E-state index in [1.54, 1.807) is 42.6 Å². The van der Waals surface area contributed by atoms with Crippen LogP contribution in [0.4, 0.5) is 0 Å². The number of hydrogen-bond acceptors (Lipinski definition) is 8. The Hall–Kier alpha value is -2.63. The fraction of sp³-hybridized carbons (Fsp3) is 0.0909. The molecule has 0 amide bonds. The first-order valence-electron chi connectivity index (χ1n) is 9.71. The molecule has 4 rings (SSSR count). The van der Waals surface area contributed by atoms with Gasteiger partial charge < -0.3 is 20.3 Å². The first-order valence-corrected chi connectivity index (χ1v) is 10.8. The largest absolute Gasteiger partial charge is 0.488 e. The van der Waals surface area contributed by atoms with Gasteiger partial charge in [0.05, 0.1) is 18.9 Å². The van der Waals surface area contributed by atoms with Gasteiger partial charge in [0.2, 0.25) is 10.6 Å². The number of aliphatic hydroxyl groups is 2. The molecule has 0 atom stereocenters. The van der Waals surface area contributed by atoms with E-state index in [1.165, 1.54) is 6.20 Å². The molecule has 0 spiro atoms. The van der Waals surface area contributed by atoms with Crippen LogP contribution in [0.3, 0.4) is 0 Å². The van der Waals surface area contributed by atoms with Crippen LogP contribution >= 0.6 is 34.8 Å².